The Morgan fingerprint density at radius 1 is 1.42 bits per heavy atom. The van der Waals surface area contributed by atoms with E-state index in [1.54, 1.807) is 6.07 Å². The average Bonchev–Trinajstić information content (AvgIpc) is 2.43. The number of nitrogen functional groups attached to an aromatic ring is 1. The van der Waals surface area contributed by atoms with Gasteiger partial charge < -0.3 is 20.7 Å². The zero-order valence-corrected chi connectivity index (χ0v) is 11.5. The van der Waals surface area contributed by atoms with Crippen LogP contribution in [0.5, 0.6) is 0 Å². The van der Waals surface area contributed by atoms with E-state index in [0.717, 1.165) is 31.6 Å². The molecule has 1 aromatic carbocycles. The van der Waals surface area contributed by atoms with Crippen LogP contribution in [0.25, 0.3) is 0 Å². The molecule has 3 N–H and O–H groups in total. The molecule has 5 heteroatoms. The molecule has 0 aliphatic carbocycles. The van der Waals surface area contributed by atoms with Gasteiger partial charge in [-0.15, -0.1) is 0 Å². The minimum absolute atomic E-state index is 0.399. The molecule has 0 aromatic heterocycles. The van der Waals surface area contributed by atoms with Gasteiger partial charge in [-0.25, -0.2) is 4.79 Å². The van der Waals surface area contributed by atoms with Gasteiger partial charge in [-0.2, -0.15) is 0 Å². The number of hydrogen-bond donors (Lipinski definition) is 2. The predicted molar refractivity (Wildman–Crippen MR) is 76.3 cm³/mol. The topological polar surface area (TPSA) is 67.6 Å². The van der Waals surface area contributed by atoms with Crippen LogP contribution >= 0.6 is 0 Å². The number of benzene rings is 1. The molecule has 0 saturated carbocycles. The fourth-order valence-corrected chi connectivity index (χ4v) is 2.35. The van der Waals surface area contributed by atoms with Crippen LogP contribution in [-0.2, 0) is 4.74 Å². The second-order valence-electron chi connectivity index (χ2n) is 4.98. The molecule has 1 aliphatic rings. The molecule has 19 heavy (non-hydrogen) atoms. The summed E-state index contributed by atoms with van der Waals surface area (Å²) in [4.78, 5) is 13.9. The fraction of sp³-hybridized carbons (Fsp3) is 0.500. The number of likely N-dealkylation sites (tertiary alicyclic amines) is 1. The van der Waals surface area contributed by atoms with E-state index < -0.39 is 5.97 Å². The summed E-state index contributed by atoms with van der Waals surface area (Å²) < 4.78 is 4.72. The highest BCUT2D eigenvalue weighted by Gasteiger charge is 2.19. The number of nitrogens with two attached hydrogens (primary N) is 1. The SMILES string of the molecule is COC(=O)c1cccc(NC2CCN(C)CC2)c1N. The minimum atomic E-state index is -0.399. The molecule has 5 nitrogen and oxygen atoms in total. The first-order valence-electron chi connectivity index (χ1n) is 6.53. The van der Waals surface area contributed by atoms with Gasteiger partial charge in [0.05, 0.1) is 24.0 Å². The van der Waals surface area contributed by atoms with Gasteiger partial charge >= 0.3 is 5.97 Å². The summed E-state index contributed by atoms with van der Waals surface area (Å²) in [5.74, 6) is -0.399. The first-order chi connectivity index (χ1) is 9.11. The van der Waals surface area contributed by atoms with Crippen molar-refractivity contribution in [3.05, 3.63) is 23.8 Å². The Morgan fingerprint density at radius 2 is 2.11 bits per heavy atom. The highest BCUT2D eigenvalue weighted by atomic mass is 16.5. The van der Waals surface area contributed by atoms with E-state index in [-0.39, 0.29) is 0 Å². The predicted octanol–water partition coefficient (Wildman–Crippen LogP) is 1.56. The normalized spacial score (nSPS) is 17.2. The van der Waals surface area contributed by atoms with Crippen LogP contribution in [0, 0.1) is 0 Å². The number of hydrogen-bond acceptors (Lipinski definition) is 5. The lowest BCUT2D eigenvalue weighted by atomic mass is 10.0. The molecule has 0 radical (unpaired) electrons. The molecule has 0 atom stereocenters. The number of piperidine rings is 1. The third kappa shape index (κ3) is 3.17. The maximum Gasteiger partial charge on any atom is 0.340 e. The summed E-state index contributed by atoms with van der Waals surface area (Å²) in [6, 6.07) is 5.81. The number of esters is 1. The molecule has 1 aromatic rings. The van der Waals surface area contributed by atoms with Crippen molar-refractivity contribution in [2.75, 3.05) is 38.3 Å². The zero-order valence-electron chi connectivity index (χ0n) is 11.5. The van der Waals surface area contributed by atoms with Crippen LogP contribution in [0.15, 0.2) is 18.2 Å². The van der Waals surface area contributed by atoms with Gasteiger partial charge in [0.25, 0.3) is 0 Å². The third-order valence-electron chi connectivity index (χ3n) is 3.59. The smallest absolute Gasteiger partial charge is 0.340 e. The zero-order chi connectivity index (χ0) is 13.8. The fourth-order valence-electron chi connectivity index (χ4n) is 2.35. The number of nitrogens with zero attached hydrogens (tertiary/aromatic N) is 1. The molecule has 1 fully saturated rings. The molecular formula is C14H21N3O2. The summed E-state index contributed by atoms with van der Waals surface area (Å²) >= 11 is 0. The average molecular weight is 263 g/mol. The van der Waals surface area contributed by atoms with E-state index in [1.807, 2.05) is 12.1 Å². The Morgan fingerprint density at radius 3 is 2.74 bits per heavy atom. The van der Waals surface area contributed by atoms with Crippen LogP contribution < -0.4 is 11.1 Å². The molecule has 0 unspecified atom stereocenters. The van der Waals surface area contributed by atoms with Crippen LogP contribution in [0.4, 0.5) is 11.4 Å². The Bertz CT molecular complexity index is 454. The Kier molecular flexibility index (Phi) is 4.27. The Balaban J connectivity index is 2.10. The number of carbonyl (C=O) groups is 1. The number of anilines is 2. The number of ether oxygens (including phenoxy) is 1. The third-order valence-corrected chi connectivity index (χ3v) is 3.59. The number of carbonyl (C=O) groups excluding carboxylic acids is 1. The van der Waals surface area contributed by atoms with Crippen LogP contribution in [0.2, 0.25) is 0 Å². The van der Waals surface area contributed by atoms with Crippen molar-refractivity contribution in [1.29, 1.82) is 0 Å². The molecule has 0 amide bonds. The van der Waals surface area contributed by atoms with Gasteiger partial charge in [0.15, 0.2) is 0 Å². The summed E-state index contributed by atoms with van der Waals surface area (Å²) in [5, 5.41) is 3.43. The van der Waals surface area contributed by atoms with Crippen molar-refractivity contribution >= 4 is 17.3 Å². The van der Waals surface area contributed by atoms with E-state index in [1.165, 1.54) is 7.11 Å². The van der Waals surface area contributed by atoms with Crippen molar-refractivity contribution in [2.45, 2.75) is 18.9 Å². The molecule has 1 aliphatic heterocycles. The summed E-state index contributed by atoms with van der Waals surface area (Å²) in [6.07, 6.45) is 2.16. The maximum absolute atomic E-state index is 11.6. The second-order valence-corrected chi connectivity index (χ2v) is 4.98. The van der Waals surface area contributed by atoms with E-state index in [9.17, 15) is 4.79 Å². The van der Waals surface area contributed by atoms with Gasteiger partial charge in [-0.1, -0.05) is 6.07 Å². The molecule has 2 rings (SSSR count). The molecule has 0 spiro atoms. The van der Waals surface area contributed by atoms with Crippen molar-refractivity contribution in [3.8, 4) is 0 Å². The van der Waals surface area contributed by atoms with Gasteiger partial charge in [0.2, 0.25) is 0 Å². The summed E-state index contributed by atoms with van der Waals surface area (Å²) in [7, 11) is 3.49. The van der Waals surface area contributed by atoms with Gasteiger partial charge in [-0.3, -0.25) is 0 Å². The monoisotopic (exact) mass is 263 g/mol. The molecule has 104 valence electrons. The van der Waals surface area contributed by atoms with Crippen LogP contribution in [0.3, 0.4) is 0 Å². The van der Waals surface area contributed by atoms with Crippen LogP contribution in [-0.4, -0.2) is 44.2 Å². The Hall–Kier alpha value is -1.75. The van der Waals surface area contributed by atoms with Crippen molar-refractivity contribution in [1.82, 2.24) is 4.90 Å². The second kappa shape index (κ2) is 5.93. The van der Waals surface area contributed by atoms with E-state index in [0.29, 0.717) is 17.3 Å². The molecule has 1 heterocycles. The molecular weight excluding hydrogens is 242 g/mol. The number of rotatable bonds is 3. The largest absolute Gasteiger partial charge is 0.465 e. The summed E-state index contributed by atoms with van der Waals surface area (Å²) in [5.41, 5.74) is 7.73. The maximum atomic E-state index is 11.6. The first-order valence-corrected chi connectivity index (χ1v) is 6.53. The highest BCUT2D eigenvalue weighted by molar-refractivity contribution is 5.98. The van der Waals surface area contributed by atoms with E-state index in [4.69, 9.17) is 10.5 Å². The number of para-hydroxylation sites is 1. The molecule has 0 bridgehead atoms. The first kappa shape index (κ1) is 13.7. The van der Waals surface area contributed by atoms with Gasteiger partial charge in [-0.05, 0) is 45.1 Å². The minimum Gasteiger partial charge on any atom is -0.465 e. The lowest BCUT2D eigenvalue weighted by molar-refractivity contribution is 0.0602. The standard InChI is InChI=1S/C14H21N3O2/c1-17-8-6-10(7-9-17)16-12-5-3-4-11(13(12)15)14(18)19-2/h3-5,10,16H,6-9,15H2,1-2H3. The molecule has 1 saturated heterocycles. The summed E-state index contributed by atoms with van der Waals surface area (Å²) in [6.45, 7) is 2.16. The quantitative estimate of drug-likeness (QED) is 0.640. The van der Waals surface area contributed by atoms with Crippen LogP contribution in [0.1, 0.15) is 23.2 Å². The Labute approximate surface area is 113 Å². The van der Waals surface area contributed by atoms with Crippen molar-refractivity contribution in [2.24, 2.45) is 0 Å². The number of methoxy groups -OCH3 is 1. The number of nitrogens with one attached hydrogen (secondary N) is 1. The van der Waals surface area contributed by atoms with E-state index >= 15 is 0 Å². The lowest BCUT2D eigenvalue weighted by Crippen LogP contribution is -2.36. The van der Waals surface area contributed by atoms with E-state index in [2.05, 4.69) is 17.3 Å². The lowest BCUT2D eigenvalue weighted by Gasteiger charge is -2.30. The highest BCUT2D eigenvalue weighted by Crippen LogP contribution is 2.25. The van der Waals surface area contributed by atoms with Crippen molar-refractivity contribution in [3.63, 3.8) is 0 Å². The van der Waals surface area contributed by atoms with Crippen molar-refractivity contribution < 1.29 is 9.53 Å². The van der Waals surface area contributed by atoms with Gasteiger partial charge in [0, 0.05) is 6.04 Å². The van der Waals surface area contributed by atoms with Gasteiger partial charge in [0.1, 0.15) is 0 Å².